The maximum absolute atomic E-state index is 13.0. The molecule has 0 saturated carbocycles. The second-order valence-electron chi connectivity index (χ2n) is 6.21. The molecule has 0 unspecified atom stereocenters. The molecule has 2 aliphatic rings. The third kappa shape index (κ3) is 2.91. The van der Waals surface area contributed by atoms with Crippen LogP contribution in [0.3, 0.4) is 0 Å². The number of benzene rings is 1. The summed E-state index contributed by atoms with van der Waals surface area (Å²) in [5, 5.41) is 3.80. The summed E-state index contributed by atoms with van der Waals surface area (Å²) >= 11 is 0. The van der Waals surface area contributed by atoms with E-state index >= 15 is 0 Å². The number of carbonyl (C=O) groups excluding carboxylic acids is 1. The smallest absolute Gasteiger partial charge is 0.317 e. The summed E-state index contributed by atoms with van der Waals surface area (Å²) in [5.41, 5.74) is 1.48. The third-order valence-electron chi connectivity index (χ3n) is 4.82. The van der Waals surface area contributed by atoms with Crippen molar-refractivity contribution in [2.75, 3.05) is 26.3 Å². The van der Waals surface area contributed by atoms with Gasteiger partial charge in [-0.05, 0) is 63.9 Å². The predicted octanol–water partition coefficient (Wildman–Crippen LogP) is 2.69. The SMILES string of the molecule is CCOP(=O)(OCC)c1ccc2c(c1)C(=O)C1(CCNCC1)C2. The molecule has 1 aromatic carbocycles. The molecule has 1 spiro atoms. The highest BCUT2D eigenvalue weighted by atomic mass is 31.2. The molecule has 6 heteroatoms. The number of ketones is 1. The van der Waals surface area contributed by atoms with Gasteiger partial charge in [-0.1, -0.05) is 6.07 Å². The number of nitrogens with one attached hydrogen (secondary N) is 1. The van der Waals surface area contributed by atoms with Gasteiger partial charge in [0.1, 0.15) is 0 Å². The lowest BCUT2D eigenvalue weighted by atomic mass is 9.75. The van der Waals surface area contributed by atoms with E-state index < -0.39 is 7.60 Å². The molecule has 1 saturated heterocycles. The molecule has 3 rings (SSSR count). The molecule has 23 heavy (non-hydrogen) atoms. The third-order valence-corrected chi connectivity index (χ3v) is 6.93. The van der Waals surface area contributed by atoms with Crippen molar-refractivity contribution in [2.45, 2.75) is 33.1 Å². The minimum atomic E-state index is -3.35. The molecular formula is C17H24NO4P. The molecule has 5 nitrogen and oxygen atoms in total. The number of carbonyl (C=O) groups is 1. The van der Waals surface area contributed by atoms with Crippen molar-refractivity contribution >= 4 is 18.7 Å². The van der Waals surface area contributed by atoms with Crippen molar-refractivity contribution in [3.63, 3.8) is 0 Å². The topological polar surface area (TPSA) is 64.6 Å². The fourth-order valence-electron chi connectivity index (χ4n) is 3.67. The fraction of sp³-hybridized carbons (Fsp3) is 0.588. The average Bonchev–Trinajstić information content (AvgIpc) is 2.80. The quantitative estimate of drug-likeness (QED) is 0.837. The summed E-state index contributed by atoms with van der Waals surface area (Å²) in [6, 6.07) is 5.45. The summed E-state index contributed by atoms with van der Waals surface area (Å²) in [4.78, 5) is 13.0. The van der Waals surface area contributed by atoms with E-state index in [0.29, 0.717) is 24.1 Å². The molecule has 1 aliphatic heterocycles. The van der Waals surface area contributed by atoms with Crippen molar-refractivity contribution in [2.24, 2.45) is 5.41 Å². The zero-order valence-electron chi connectivity index (χ0n) is 13.8. The van der Waals surface area contributed by atoms with E-state index in [4.69, 9.17) is 9.05 Å². The Balaban J connectivity index is 1.96. The maximum Gasteiger partial charge on any atom is 0.361 e. The van der Waals surface area contributed by atoms with E-state index in [0.717, 1.165) is 37.9 Å². The Kier molecular flexibility index (Phi) is 4.75. The highest BCUT2D eigenvalue weighted by Gasteiger charge is 2.46. The van der Waals surface area contributed by atoms with E-state index in [1.807, 2.05) is 6.07 Å². The molecule has 1 heterocycles. The Labute approximate surface area is 137 Å². The van der Waals surface area contributed by atoms with E-state index in [1.165, 1.54) is 0 Å². The molecular weight excluding hydrogens is 313 g/mol. The lowest BCUT2D eigenvalue weighted by Gasteiger charge is -2.31. The van der Waals surface area contributed by atoms with Crippen LogP contribution in [-0.2, 0) is 20.0 Å². The average molecular weight is 337 g/mol. The van der Waals surface area contributed by atoms with Crippen molar-refractivity contribution in [1.82, 2.24) is 5.32 Å². The van der Waals surface area contributed by atoms with Crippen molar-refractivity contribution in [3.05, 3.63) is 29.3 Å². The van der Waals surface area contributed by atoms with Gasteiger partial charge in [-0.25, -0.2) is 0 Å². The van der Waals surface area contributed by atoms with Gasteiger partial charge in [-0.15, -0.1) is 0 Å². The van der Waals surface area contributed by atoms with E-state index in [2.05, 4.69) is 5.32 Å². The Morgan fingerprint density at radius 2 is 1.83 bits per heavy atom. The van der Waals surface area contributed by atoms with Gasteiger partial charge in [-0.3, -0.25) is 9.36 Å². The molecule has 1 fully saturated rings. The highest BCUT2D eigenvalue weighted by Crippen LogP contribution is 2.49. The Morgan fingerprint density at radius 3 is 2.43 bits per heavy atom. The first-order valence-corrected chi connectivity index (χ1v) is 9.87. The number of fused-ring (bicyclic) bond motifs is 1. The number of hydrogen-bond acceptors (Lipinski definition) is 5. The molecule has 1 aromatic rings. The van der Waals surface area contributed by atoms with Gasteiger partial charge in [0.05, 0.1) is 18.5 Å². The Morgan fingerprint density at radius 1 is 1.17 bits per heavy atom. The fourth-order valence-corrected chi connectivity index (χ4v) is 5.26. The van der Waals surface area contributed by atoms with Gasteiger partial charge in [0.2, 0.25) is 0 Å². The van der Waals surface area contributed by atoms with Gasteiger partial charge in [0.15, 0.2) is 5.78 Å². The Hall–Kier alpha value is -1.00. The molecule has 1 aliphatic carbocycles. The van der Waals surface area contributed by atoms with Crippen LogP contribution in [0.5, 0.6) is 0 Å². The zero-order valence-corrected chi connectivity index (χ0v) is 14.7. The van der Waals surface area contributed by atoms with Crippen LogP contribution < -0.4 is 10.6 Å². The predicted molar refractivity (Wildman–Crippen MR) is 89.5 cm³/mol. The van der Waals surface area contributed by atoms with Gasteiger partial charge in [0.25, 0.3) is 0 Å². The zero-order chi connectivity index (χ0) is 16.5. The van der Waals surface area contributed by atoms with Gasteiger partial charge in [-0.2, -0.15) is 0 Å². The van der Waals surface area contributed by atoms with Crippen LogP contribution in [-0.4, -0.2) is 32.1 Å². The lowest BCUT2D eigenvalue weighted by Crippen LogP contribution is -2.40. The van der Waals surface area contributed by atoms with E-state index in [-0.39, 0.29) is 11.2 Å². The van der Waals surface area contributed by atoms with E-state index in [1.54, 1.807) is 26.0 Å². The molecule has 1 N–H and O–H groups in total. The summed E-state index contributed by atoms with van der Waals surface area (Å²) < 4.78 is 23.7. The molecule has 0 radical (unpaired) electrons. The highest BCUT2D eigenvalue weighted by molar-refractivity contribution is 7.62. The normalized spacial score (nSPS) is 20.0. The van der Waals surface area contributed by atoms with Crippen molar-refractivity contribution in [3.8, 4) is 0 Å². The maximum atomic E-state index is 13.0. The van der Waals surface area contributed by atoms with Gasteiger partial charge >= 0.3 is 7.60 Å². The van der Waals surface area contributed by atoms with Crippen molar-refractivity contribution in [1.29, 1.82) is 0 Å². The van der Waals surface area contributed by atoms with Crippen LogP contribution in [0.25, 0.3) is 0 Å². The number of piperidine rings is 1. The van der Waals surface area contributed by atoms with Crippen molar-refractivity contribution < 1.29 is 18.4 Å². The van der Waals surface area contributed by atoms with Gasteiger partial charge < -0.3 is 14.4 Å². The van der Waals surface area contributed by atoms with Crippen LogP contribution in [0.2, 0.25) is 0 Å². The molecule has 0 bridgehead atoms. The van der Waals surface area contributed by atoms with E-state index in [9.17, 15) is 9.36 Å². The number of rotatable bonds is 5. The van der Waals surface area contributed by atoms with Crippen LogP contribution in [0.1, 0.15) is 42.6 Å². The van der Waals surface area contributed by atoms with Gasteiger partial charge in [0, 0.05) is 11.0 Å². The largest absolute Gasteiger partial charge is 0.361 e. The van der Waals surface area contributed by atoms with Crippen LogP contribution >= 0.6 is 7.60 Å². The molecule has 0 amide bonds. The standard InChI is InChI=1S/C17H24NO4P/c1-3-21-23(20,22-4-2)14-6-5-13-12-17(7-9-18-10-8-17)16(19)15(13)11-14/h5-6,11,18H,3-4,7-10,12H2,1-2H3. The first kappa shape index (κ1) is 16.8. The minimum absolute atomic E-state index is 0.190. The monoisotopic (exact) mass is 337 g/mol. The summed E-state index contributed by atoms with van der Waals surface area (Å²) in [6.07, 6.45) is 2.52. The molecule has 0 aromatic heterocycles. The van der Waals surface area contributed by atoms with Crippen LogP contribution in [0, 0.1) is 5.41 Å². The van der Waals surface area contributed by atoms with Crippen LogP contribution in [0.15, 0.2) is 18.2 Å². The number of hydrogen-bond donors (Lipinski definition) is 1. The Bertz CT molecular complexity index is 642. The second-order valence-corrected chi connectivity index (χ2v) is 8.24. The summed E-state index contributed by atoms with van der Waals surface area (Å²) in [7, 11) is -3.35. The first-order chi connectivity index (χ1) is 11.0. The minimum Gasteiger partial charge on any atom is -0.317 e. The first-order valence-electron chi connectivity index (χ1n) is 8.33. The molecule has 126 valence electrons. The lowest BCUT2D eigenvalue weighted by molar-refractivity contribution is 0.0762. The number of Topliss-reactive ketones (excluding diaryl/α,β-unsaturated/α-hetero) is 1. The van der Waals surface area contributed by atoms with Crippen LogP contribution in [0.4, 0.5) is 0 Å². The summed E-state index contributed by atoms with van der Waals surface area (Å²) in [6.45, 7) is 5.93. The second kappa shape index (κ2) is 6.48. The summed E-state index contributed by atoms with van der Waals surface area (Å²) in [5.74, 6) is 0.190. The molecule has 0 atom stereocenters.